The molecule has 1 amide bonds. The van der Waals surface area contributed by atoms with Gasteiger partial charge in [-0.15, -0.1) is 11.3 Å². The third kappa shape index (κ3) is 3.39. The van der Waals surface area contributed by atoms with Gasteiger partial charge in [-0.3, -0.25) is 14.5 Å². The summed E-state index contributed by atoms with van der Waals surface area (Å²) in [5.41, 5.74) is 0. The summed E-state index contributed by atoms with van der Waals surface area (Å²) in [5, 5.41) is 11.8. The Bertz CT molecular complexity index is 656. The molecular weight excluding hydrogens is 308 g/mol. The van der Waals surface area contributed by atoms with Gasteiger partial charge in [0.15, 0.2) is 10.6 Å². The molecule has 1 aliphatic rings. The van der Waals surface area contributed by atoms with Gasteiger partial charge < -0.3 is 10.1 Å². The van der Waals surface area contributed by atoms with Gasteiger partial charge in [0, 0.05) is 13.2 Å². The lowest BCUT2D eigenvalue weighted by Crippen LogP contribution is -2.34. The second-order valence-electron chi connectivity index (χ2n) is 4.85. The van der Waals surface area contributed by atoms with Gasteiger partial charge in [-0.1, -0.05) is 6.07 Å². The molecule has 1 aliphatic heterocycles. The highest BCUT2D eigenvalue weighted by Gasteiger charge is 2.17. The topological polar surface area (TPSA) is 71.9 Å². The fraction of sp³-hybridized carbons (Fsp3) is 0.462. The van der Waals surface area contributed by atoms with E-state index in [-0.39, 0.29) is 18.6 Å². The van der Waals surface area contributed by atoms with Gasteiger partial charge in [-0.05, 0) is 36.5 Å². The van der Waals surface area contributed by atoms with Crippen LogP contribution >= 0.6 is 23.6 Å². The van der Waals surface area contributed by atoms with Crippen LogP contribution in [-0.2, 0) is 16.1 Å². The lowest BCUT2D eigenvalue weighted by molar-refractivity contribution is -0.122. The number of amides is 1. The van der Waals surface area contributed by atoms with E-state index in [0.717, 1.165) is 24.3 Å². The van der Waals surface area contributed by atoms with E-state index in [9.17, 15) is 4.79 Å². The molecule has 8 heteroatoms. The molecule has 0 aliphatic carbocycles. The Labute approximate surface area is 131 Å². The third-order valence-electron chi connectivity index (χ3n) is 3.35. The summed E-state index contributed by atoms with van der Waals surface area (Å²) in [4.78, 5) is 13.0. The van der Waals surface area contributed by atoms with Crippen molar-refractivity contribution in [2.24, 2.45) is 0 Å². The molecule has 1 unspecified atom stereocenters. The Kier molecular flexibility index (Phi) is 4.47. The molecule has 3 rings (SSSR count). The smallest absolute Gasteiger partial charge is 0.240 e. The number of nitrogens with zero attached hydrogens (tertiary/aromatic N) is 2. The minimum Gasteiger partial charge on any atom is -0.376 e. The summed E-state index contributed by atoms with van der Waals surface area (Å²) in [6.07, 6.45) is 2.21. The fourth-order valence-corrected chi connectivity index (χ4v) is 3.21. The average molecular weight is 324 g/mol. The molecule has 0 aromatic carbocycles. The minimum atomic E-state index is -0.0826. The molecule has 6 nitrogen and oxygen atoms in total. The number of nitrogens with one attached hydrogen (secondary N) is 2. The van der Waals surface area contributed by atoms with E-state index in [1.54, 1.807) is 15.9 Å². The first-order chi connectivity index (χ1) is 10.2. The zero-order valence-electron chi connectivity index (χ0n) is 11.4. The van der Waals surface area contributed by atoms with Crippen LogP contribution in [0, 0.1) is 4.77 Å². The van der Waals surface area contributed by atoms with Crippen LogP contribution in [0.1, 0.15) is 12.8 Å². The van der Waals surface area contributed by atoms with E-state index >= 15 is 0 Å². The van der Waals surface area contributed by atoms with Crippen molar-refractivity contribution in [3.63, 3.8) is 0 Å². The summed E-state index contributed by atoms with van der Waals surface area (Å²) < 4.78 is 7.65. The minimum absolute atomic E-state index is 0.0826. The van der Waals surface area contributed by atoms with Crippen LogP contribution in [-0.4, -0.2) is 39.9 Å². The standard InChI is InChI=1S/C13H16N4O2S2/c18-11(14-7-9-3-1-5-19-9)8-17-12(15-16-13(17)20)10-4-2-6-21-10/h2,4,6,9H,1,3,5,7-8H2,(H,14,18)(H,16,20). The average Bonchev–Trinajstić information content (AvgIpc) is 3.19. The Morgan fingerprint density at radius 3 is 3.29 bits per heavy atom. The van der Waals surface area contributed by atoms with Crippen LogP contribution < -0.4 is 5.32 Å². The number of H-pyrrole nitrogens is 1. The monoisotopic (exact) mass is 324 g/mol. The summed E-state index contributed by atoms with van der Waals surface area (Å²) in [5.74, 6) is 0.614. The van der Waals surface area contributed by atoms with Gasteiger partial charge in [-0.25, -0.2) is 0 Å². The Balaban J connectivity index is 1.65. The van der Waals surface area contributed by atoms with Gasteiger partial charge in [0.25, 0.3) is 0 Å². The van der Waals surface area contributed by atoms with Crippen LogP contribution in [0.5, 0.6) is 0 Å². The predicted molar refractivity (Wildman–Crippen MR) is 82.7 cm³/mol. The molecule has 1 atom stereocenters. The first kappa shape index (κ1) is 14.4. The molecule has 1 saturated heterocycles. The largest absolute Gasteiger partial charge is 0.376 e. The maximum Gasteiger partial charge on any atom is 0.240 e. The summed E-state index contributed by atoms with van der Waals surface area (Å²) in [7, 11) is 0. The number of ether oxygens (including phenoxy) is 1. The van der Waals surface area contributed by atoms with E-state index in [1.165, 1.54) is 0 Å². The second-order valence-corrected chi connectivity index (χ2v) is 6.19. The van der Waals surface area contributed by atoms with E-state index in [2.05, 4.69) is 15.5 Å². The quantitative estimate of drug-likeness (QED) is 0.825. The van der Waals surface area contributed by atoms with E-state index in [4.69, 9.17) is 17.0 Å². The van der Waals surface area contributed by atoms with Crippen LogP contribution in [0.25, 0.3) is 10.7 Å². The van der Waals surface area contributed by atoms with Crippen molar-refractivity contribution in [1.29, 1.82) is 0 Å². The summed E-state index contributed by atoms with van der Waals surface area (Å²) >= 11 is 6.76. The molecule has 0 radical (unpaired) electrons. The molecule has 2 aromatic heterocycles. The van der Waals surface area contributed by atoms with Crippen LogP contribution in [0.3, 0.4) is 0 Å². The van der Waals surface area contributed by atoms with Crippen LogP contribution in [0.2, 0.25) is 0 Å². The number of aromatic amines is 1. The number of thiophene rings is 1. The first-order valence-corrected chi connectivity index (χ1v) is 8.10. The molecular formula is C13H16N4O2S2. The van der Waals surface area contributed by atoms with Gasteiger partial charge in [-0.2, -0.15) is 5.10 Å². The summed E-state index contributed by atoms with van der Waals surface area (Å²) in [6, 6.07) is 3.90. The Hall–Kier alpha value is -1.51. The highest BCUT2D eigenvalue weighted by atomic mass is 32.1. The van der Waals surface area contributed by atoms with E-state index < -0.39 is 0 Å². The maximum atomic E-state index is 12.1. The van der Waals surface area contributed by atoms with Gasteiger partial charge in [0.05, 0.1) is 11.0 Å². The normalized spacial score (nSPS) is 18.0. The molecule has 0 saturated carbocycles. The van der Waals surface area contributed by atoms with Gasteiger partial charge >= 0.3 is 0 Å². The highest BCUT2D eigenvalue weighted by Crippen LogP contribution is 2.22. The summed E-state index contributed by atoms with van der Waals surface area (Å²) in [6.45, 7) is 1.50. The van der Waals surface area contributed by atoms with Crippen LogP contribution in [0.15, 0.2) is 17.5 Å². The molecule has 1 fully saturated rings. The molecule has 3 heterocycles. The predicted octanol–water partition coefficient (Wildman–Crippen LogP) is 1.96. The fourth-order valence-electron chi connectivity index (χ4n) is 2.29. The molecule has 2 N–H and O–H groups in total. The zero-order chi connectivity index (χ0) is 14.7. The SMILES string of the molecule is O=C(Cn1c(-c2cccs2)n[nH]c1=S)NCC1CCCO1. The molecule has 0 spiro atoms. The van der Waals surface area contributed by atoms with Gasteiger partial charge in [0.2, 0.25) is 5.91 Å². The Morgan fingerprint density at radius 1 is 1.67 bits per heavy atom. The number of carbonyl (C=O) groups excluding carboxylic acids is 1. The molecule has 2 aromatic rings. The van der Waals surface area contributed by atoms with Crippen molar-refractivity contribution in [2.45, 2.75) is 25.5 Å². The van der Waals surface area contributed by atoms with E-state index in [1.807, 2.05) is 17.5 Å². The van der Waals surface area contributed by atoms with Crippen LogP contribution in [0.4, 0.5) is 0 Å². The molecule has 21 heavy (non-hydrogen) atoms. The molecule has 112 valence electrons. The number of hydrogen-bond donors (Lipinski definition) is 2. The lowest BCUT2D eigenvalue weighted by atomic mass is 10.2. The van der Waals surface area contributed by atoms with Crippen molar-refractivity contribution in [2.75, 3.05) is 13.2 Å². The van der Waals surface area contributed by atoms with Crippen molar-refractivity contribution in [3.05, 3.63) is 22.3 Å². The van der Waals surface area contributed by atoms with Gasteiger partial charge in [0.1, 0.15) is 6.54 Å². The lowest BCUT2D eigenvalue weighted by Gasteiger charge is -2.11. The van der Waals surface area contributed by atoms with E-state index in [0.29, 0.717) is 17.1 Å². The number of rotatable bonds is 5. The number of hydrogen-bond acceptors (Lipinski definition) is 5. The van der Waals surface area contributed by atoms with Crippen molar-refractivity contribution < 1.29 is 9.53 Å². The number of aromatic nitrogens is 3. The highest BCUT2D eigenvalue weighted by molar-refractivity contribution is 7.71. The third-order valence-corrected chi connectivity index (χ3v) is 4.53. The van der Waals surface area contributed by atoms with Crippen molar-refractivity contribution in [1.82, 2.24) is 20.1 Å². The number of carbonyl (C=O) groups is 1. The van der Waals surface area contributed by atoms with Crippen molar-refractivity contribution in [3.8, 4) is 10.7 Å². The molecule has 0 bridgehead atoms. The zero-order valence-corrected chi connectivity index (χ0v) is 13.0. The Morgan fingerprint density at radius 2 is 2.57 bits per heavy atom. The van der Waals surface area contributed by atoms with Crippen molar-refractivity contribution >= 4 is 29.5 Å². The first-order valence-electron chi connectivity index (χ1n) is 6.81. The second kappa shape index (κ2) is 6.50. The maximum absolute atomic E-state index is 12.1.